The lowest BCUT2D eigenvalue weighted by molar-refractivity contribution is -0.150. The van der Waals surface area contributed by atoms with Gasteiger partial charge in [0.15, 0.2) is 12.4 Å². The molecule has 0 bridgehead atoms. The number of halogens is 2. The van der Waals surface area contributed by atoms with E-state index >= 15 is 8.78 Å². The van der Waals surface area contributed by atoms with Gasteiger partial charge in [0.1, 0.15) is 44.3 Å². The lowest BCUT2D eigenvalue weighted by atomic mass is 10.0. The number of hydrogen-bond acceptors (Lipinski definition) is 10. The summed E-state index contributed by atoms with van der Waals surface area (Å²) in [6.07, 6.45) is 2.96. The van der Waals surface area contributed by atoms with Gasteiger partial charge >= 0.3 is 11.9 Å². The largest absolute Gasteiger partial charge is 0.484 e. The zero-order valence-corrected chi connectivity index (χ0v) is 29.6. The van der Waals surface area contributed by atoms with Crippen molar-refractivity contribution in [1.82, 2.24) is 20.1 Å². The number of carboxylic acid groups (broad SMARTS) is 2. The number of aromatic nitrogens is 1. The molecule has 3 aromatic rings. The zero-order valence-electron chi connectivity index (χ0n) is 27.2. The minimum absolute atomic E-state index is 0.127. The van der Waals surface area contributed by atoms with E-state index in [1.54, 1.807) is 30.3 Å². The van der Waals surface area contributed by atoms with Crippen molar-refractivity contribution in [2.24, 2.45) is 0 Å². The van der Waals surface area contributed by atoms with Gasteiger partial charge in [-0.05, 0) is 43.0 Å². The summed E-state index contributed by atoms with van der Waals surface area (Å²) in [6, 6.07) is 8.23. The first-order chi connectivity index (χ1) is 24.9. The summed E-state index contributed by atoms with van der Waals surface area (Å²) >= 11 is 8.03. The molecule has 7 rings (SSSR count). The van der Waals surface area contributed by atoms with Crippen molar-refractivity contribution in [3.8, 4) is 5.75 Å². The van der Waals surface area contributed by atoms with E-state index in [2.05, 4.69) is 10.6 Å². The molecule has 3 fully saturated rings. The first kappa shape index (κ1) is 35.7. The number of pyridine rings is 1. The zero-order chi connectivity index (χ0) is 36.8. The molecule has 1 saturated carbocycles. The fourth-order valence-electron chi connectivity index (χ4n) is 6.63. The first-order valence-corrected chi connectivity index (χ1v) is 18.7. The third kappa shape index (κ3) is 6.81. The van der Waals surface area contributed by atoms with Crippen LogP contribution in [0.4, 0.5) is 14.5 Å². The second-order valence-corrected chi connectivity index (χ2v) is 15.5. The van der Waals surface area contributed by atoms with E-state index in [0.717, 1.165) is 12.3 Å². The summed E-state index contributed by atoms with van der Waals surface area (Å²) in [4.78, 5) is 65.0. The number of nitrogens with one attached hydrogen (secondary N) is 2. The molecule has 1 unspecified atom stereocenters. The monoisotopic (exact) mass is 771 g/mol. The van der Waals surface area contributed by atoms with Crippen LogP contribution in [-0.2, 0) is 14.4 Å². The van der Waals surface area contributed by atoms with E-state index in [9.17, 15) is 34.2 Å². The summed E-state index contributed by atoms with van der Waals surface area (Å²) in [7, 11) is 0. The number of ether oxygens (including phenoxy) is 1. The van der Waals surface area contributed by atoms with Crippen LogP contribution in [0.2, 0.25) is 0 Å². The van der Waals surface area contributed by atoms with Gasteiger partial charge in [0.2, 0.25) is 5.43 Å². The van der Waals surface area contributed by atoms with Crippen LogP contribution in [0.25, 0.3) is 10.9 Å². The third-order valence-electron chi connectivity index (χ3n) is 9.24. The maximum absolute atomic E-state index is 16.1. The van der Waals surface area contributed by atoms with Gasteiger partial charge in [0.25, 0.3) is 11.8 Å². The van der Waals surface area contributed by atoms with Gasteiger partial charge in [-0.1, -0.05) is 42.2 Å². The molecule has 4 aliphatic rings. The van der Waals surface area contributed by atoms with Gasteiger partial charge in [-0.25, -0.2) is 18.4 Å². The Balaban J connectivity index is 0.973. The number of thioether (sulfide) groups is 2. The van der Waals surface area contributed by atoms with Gasteiger partial charge < -0.3 is 35.1 Å². The molecular weight excluding hydrogens is 741 g/mol. The molecule has 13 nitrogen and oxygen atoms in total. The summed E-state index contributed by atoms with van der Waals surface area (Å²) in [5.41, 5.74) is -1.60. The number of amides is 2. The van der Waals surface area contributed by atoms with Crippen LogP contribution in [-0.4, -0.2) is 96.4 Å². The predicted octanol–water partition coefficient (Wildman–Crippen LogP) is 3.32. The van der Waals surface area contributed by atoms with Crippen molar-refractivity contribution < 1.29 is 42.9 Å². The van der Waals surface area contributed by atoms with Crippen LogP contribution < -0.4 is 25.7 Å². The van der Waals surface area contributed by atoms with E-state index in [1.165, 1.54) is 37.9 Å². The quantitative estimate of drug-likeness (QED) is 0.166. The van der Waals surface area contributed by atoms with Crippen molar-refractivity contribution in [3.05, 3.63) is 81.3 Å². The minimum Gasteiger partial charge on any atom is -0.484 e. The highest BCUT2D eigenvalue weighted by Crippen LogP contribution is 2.42. The van der Waals surface area contributed by atoms with Crippen LogP contribution in [0.15, 0.2) is 58.7 Å². The second kappa shape index (κ2) is 14.4. The summed E-state index contributed by atoms with van der Waals surface area (Å²) in [5.74, 6) is -4.75. The van der Waals surface area contributed by atoms with Crippen LogP contribution in [0.1, 0.15) is 35.7 Å². The van der Waals surface area contributed by atoms with Crippen molar-refractivity contribution in [2.75, 3.05) is 36.1 Å². The molecule has 18 heteroatoms. The number of carboxylic acids is 2. The minimum atomic E-state index is -1.47. The molecule has 272 valence electrons. The Morgan fingerprint density at radius 1 is 1.06 bits per heavy atom. The van der Waals surface area contributed by atoms with E-state index in [1.807, 2.05) is 0 Å². The molecule has 4 N–H and O–H groups in total. The maximum Gasteiger partial charge on any atom is 0.352 e. The number of aliphatic carboxylic acids is 1. The number of rotatable bonds is 11. The third-order valence-corrected chi connectivity index (χ3v) is 11.9. The summed E-state index contributed by atoms with van der Waals surface area (Å²) in [6.45, 7) is 0.139. The Morgan fingerprint density at radius 2 is 1.81 bits per heavy atom. The average Bonchev–Trinajstić information content (AvgIpc) is 3.87. The van der Waals surface area contributed by atoms with Gasteiger partial charge in [0, 0.05) is 42.9 Å². The van der Waals surface area contributed by atoms with Gasteiger partial charge in [-0.3, -0.25) is 19.3 Å². The SMILES string of the molecule is O=C(COc1ccccc1)N[C@@H]1C(=O)N2C(C(=O)O)=C(CSC(=S)NC3CCN(c4c(F)cc5c(=O)c(C(=O)O)cn(C6CC6)c5c4F)C3)CS[C@H]12. The smallest absolute Gasteiger partial charge is 0.352 e. The molecule has 2 amide bonds. The average molecular weight is 772 g/mol. The number of fused-ring (bicyclic) bond motifs is 2. The number of carbonyl (C=O) groups is 4. The molecule has 1 aromatic heterocycles. The van der Waals surface area contributed by atoms with Crippen LogP contribution in [0, 0.1) is 11.6 Å². The fraction of sp³-hybridized carbons (Fsp3) is 0.353. The number of para-hydroxylation sites is 1. The molecule has 3 aliphatic heterocycles. The number of nitrogens with zero attached hydrogens (tertiary/aromatic N) is 3. The van der Waals surface area contributed by atoms with Crippen molar-refractivity contribution in [2.45, 2.75) is 42.8 Å². The standard InChI is InChI=1S/C34H31F2N5O8S3/c35-22-10-20-27(40(18-6-7-18)12-21(29(20)43)32(45)46)24(36)28(22)39-9-8-17(11-39)37-34(50)52-15-16-14-51-31-25(30(44)41(31)26(16)33(47)48)38-23(42)13-49-19-4-2-1-3-5-19/h1-5,10,12,17-18,25,31H,6-9,11,13-15H2,(H,37,50)(H,38,42)(H,45,46)(H,47,48)/t17?,25-,31-/m1/s1. The summed E-state index contributed by atoms with van der Waals surface area (Å²) in [5, 5.41) is 24.4. The Morgan fingerprint density at radius 3 is 2.50 bits per heavy atom. The van der Waals surface area contributed by atoms with Gasteiger partial charge in [-0.2, -0.15) is 0 Å². The number of benzene rings is 2. The normalized spacial score (nSPS) is 21.1. The number of aromatic carboxylic acids is 1. The number of thiocarbonyl (C=S) groups is 1. The topological polar surface area (TPSA) is 171 Å². The molecule has 3 atom stereocenters. The number of anilines is 1. The maximum atomic E-state index is 16.1. The van der Waals surface area contributed by atoms with Gasteiger partial charge in [-0.15, -0.1) is 11.8 Å². The van der Waals surface area contributed by atoms with Crippen molar-refractivity contribution >= 4 is 80.4 Å². The predicted molar refractivity (Wildman–Crippen MR) is 194 cm³/mol. The Bertz CT molecular complexity index is 2110. The molecular formula is C34H31F2N5O8S3. The summed E-state index contributed by atoms with van der Waals surface area (Å²) < 4.78 is 38.7. The highest BCUT2D eigenvalue weighted by molar-refractivity contribution is 8.23. The van der Waals surface area contributed by atoms with E-state index in [4.69, 9.17) is 17.0 Å². The molecule has 2 aromatic carbocycles. The van der Waals surface area contributed by atoms with Gasteiger partial charge in [0.05, 0.1) is 10.9 Å². The molecule has 1 aliphatic carbocycles. The number of carbonyl (C=O) groups excluding carboxylic acids is 2. The lowest BCUT2D eigenvalue weighted by Gasteiger charge is -2.49. The highest BCUT2D eigenvalue weighted by atomic mass is 32.2. The number of hydrogen-bond donors (Lipinski definition) is 4. The Kier molecular flexibility index (Phi) is 9.88. The molecule has 52 heavy (non-hydrogen) atoms. The van der Waals surface area contributed by atoms with Crippen molar-refractivity contribution in [3.63, 3.8) is 0 Å². The second-order valence-electron chi connectivity index (χ2n) is 12.7. The first-order valence-electron chi connectivity index (χ1n) is 16.3. The Labute approximate surface area is 308 Å². The lowest BCUT2D eigenvalue weighted by Crippen LogP contribution is -2.70. The molecule has 4 heterocycles. The molecule has 0 spiro atoms. The Hall–Kier alpha value is -4.68. The fourth-order valence-corrected chi connectivity index (χ4v) is 9.24. The van der Waals surface area contributed by atoms with E-state index in [0.29, 0.717) is 34.9 Å². The van der Waals surface area contributed by atoms with Crippen molar-refractivity contribution in [1.29, 1.82) is 0 Å². The highest BCUT2D eigenvalue weighted by Gasteiger charge is 2.54. The van der Waals surface area contributed by atoms with E-state index < -0.39 is 57.8 Å². The van der Waals surface area contributed by atoms with Crippen LogP contribution >= 0.6 is 35.7 Å². The number of β-lactam (4-membered cyclic amide) rings is 1. The molecule has 2 saturated heterocycles. The van der Waals surface area contributed by atoms with Crippen LogP contribution in [0.3, 0.4) is 0 Å². The van der Waals surface area contributed by atoms with E-state index in [-0.39, 0.29) is 65.6 Å². The van der Waals surface area contributed by atoms with Crippen LogP contribution in [0.5, 0.6) is 5.75 Å². The molecule has 0 radical (unpaired) electrons.